The minimum absolute atomic E-state index is 0.358. The zero-order valence-corrected chi connectivity index (χ0v) is 10.2. The summed E-state index contributed by atoms with van der Waals surface area (Å²) in [5.74, 6) is 0.717. The summed E-state index contributed by atoms with van der Waals surface area (Å²) in [4.78, 5) is 4.78. The van der Waals surface area contributed by atoms with Crippen LogP contribution in [0.1, 0.15) is 13.3 Å². The van der Waals surface area contributed by atoms with Crippen LogP contribution >= 0.6 is 0 Å². The lowest BCUT2D eigenvalue weighted by Crippen LogP contribution is -2.61. The quantitative estimate of drug-likeness (QED) is 0.676. The summed E-state index contributed by atoms with van der Waals surface area (Å²) in [6.45, 7) is 7.13. The highest BCUT2D eigenvalue weighted by molar-refractivity contribution is 7.91. The number of rotatable bonds is 3. The molecule has 0 saturated carbocycles. The molecule has 2 saturated heterocycles. The smallest absolute Gasteiger partial charge is 0.152 e. The first kappa shape index (κ1) is 11.4. The third kappa shape index (κ3) is 2.71. The monoisotopic (exact) mass is 232 g/mol. The summed E-state index contributed by atoms with van der Waals surface area (Å²) in [6, 6.07) is 0.618. The van der Waals surface area contributed by atoms with Crippen molar-refractivity contribution in [3.8, 4) is 0 Å². The summed E-state index contributed by atoms with van der Waals surface area (Å²) >= 11 is 0. The van der Waals surface area contributed by atoms with Gasteiger partial charge in [0.05, 0.1) is 11.5 Å². The highest BCUT2D eigenvalue weighted by Gasteiger charge is 2.34. The van der Waals surface area contributed by atoms with Crippen LogP contribution < -0.4 is 0 Å². The SMILES string of the molecule is CCCN1CC(N2CCS(=O)(=O)CC2)C1. The zero-order chi connectivity index (χ0) is 10.9. The number of hydrogen-bond acceptors (Lipinski definition) is 4. The Balaban J connectivity index is 1.74. The standard InChI is InChI=1S/C10H20N2O2S/c1-2-3-11-8-10(9-11)12-4-6-15(13,14)7-5-12/h10H,2-9H2,1H3. The Morgan fingerprint density at radius 1 is 1.20 bits per heavy atom. The second-order valence-electron chi connectivity index (χ2n) is 4.60. The van der Waals surface area contributed by atoms with Crippen LogP contribution in [0, 0.1) is 0 Å². The van der Waals surface area contributed by atoms with Crippen LogP contribution in [0.5, 0.6) is 0 Å². The number of hydrogen-bond donors (Lipinski definition) is 0. The molecule has 4 nitrogen and oxygen atoms in total. The summed E-state index contributed by atoms with van der Waals surface area (Å²) in [7, 11) is -2.71. The van der Waals surface area contributed by atoms with Crippen LogP contribution in [-0.4, -0.2) is 68.5 Å². The van der Waals surface area contributed by atoms with Gasteiger partial charge in [-0.2, -0.15) is 0 Å². The molecule has 2 heterocycles. The lowest BCUT2D eigenvalue weighted by molar-refractivity contribution is 0.0392. The van der Waals surface area contributed by atoms with Gasteiger partial charge in [-0.05, 0) is 13.0 Å². The molecule has 0 aromatic heterocycles. The Morgan fingerprint density at radius 3 is 2.33 bits per heavy atom. The van der Waals surface area contributed by atoms with Gasteiger partial charge in [-0.15, -0.1) is 0 Å². The highest BCUT2D eigenvalue weighted by Crippen LogP contribution is 2.17. The lowest BCUT2D eigenvalue weighted by atomic mass is 10.1. The van der Waals surface area contributed by atoms with Gasteiger partial charge in [0.2, 0.25) is 0 Å². The maximum Gasteiger partial charge on any atom is 0.152 e. The zero-order valence-electron chi connectivity index (χ0n) is 9.35. The van der Waals surface area contributed by atoms with Crippen LogP contribution in [0.2, 0.25) is 0 Å². The van der Waals surface area contributed by atoms with E-state index in [0.717, 1.165) is 26.2 Å². The molecule has 2 aliphatic rings. The second-order valence-corrected chi connectivity index (χ2v) is 6.90. The first-order valence-corrected chi connectivity index (χ1v) is 7.59. The fourth-order valence-electron chi connectivity index (χ4n) is 2.36. The van der Waals surface area contributed by atoms with Crippen LogP contribution in [0.25, 0.3) is 0 Å². The van der Waals surface area contributed by atoms with Gasteiger partial charge in [-0.3, -0.25) is 4.90 Å². The Hall–Kier alpha value is -0.130. The van der Waals surface area contributed by atoms with E-state index in [9.17, 15) is 8.42 Å². The van der Waals surface area contributed by atoms with Crippen molar-refractivity contribution < 1.29 is 8.42 Å². The van der Waals surface area contributed by atoms with E-state index in [1.165, 1.54) is 13.0 Å². The summed E-state index contributed by atoms with van der Waals surface area (Å²) in [5.41, 5.74) is 0. The fourth-order valence-corrected chi connectivity index (χ4v) is 3.59. The Kier molecular flexibility index (Phi) is 3.33. The van der Waals surface area contributed by atoms with Crippen molar-refractivity contribution >= 4 is 9.84 Å². The lowest BCUT2D eigenvalue weighted by Gasteiger charge is -2.46. The average Bonchev–Trinajstić information content (AvgIpc) is 2.12. The highest BCUT2D eigenvalue weighted by atomic mass is 32.2. The van der Waals surface area contributed by atoms with Gasteiger partial charge in [0.1, 0.15) is 0 Å². The van der Waals surface area contributed by atoms with Crippen molar-refractivity contribution in [3.05, 3.63) is 0 Å². The maximum atomic E-state index is 11.3. The normalized spacial score (nSPS) is 28.9. The van der Waals surface area contributed by atoms with Crippen LogP contribution in [0.15, 0.2) is 0 Å². The van der Waals surface area contributed by atoms with Gasteiger partial charge in [0, 0.05) is 32.2 Å². The van der Waals surface area contributed by atoms with E-state index in [1.807, 2.05) is 0 Å². The topological polar surface area (TPSA) is 40.6 Å². The molecule has 15 heavy (non-hydrogen) atoms. The average molecular weight is 232 g/mol. The van der Waals surface area contributed by atoms with Crippen molar-refractivity contribution in [2.75, 3.05) is 44.2 Å². The van der Waals surface area contributed by atoms with E-state index in [4.69, 9.17) is 0 Å². The molecule has 2 aliphatic heterocycles. The van der Waals surface area contributed by atoms with Crippen molar-refractivity contribution in [1.29, 1.82) is 0 Å². The molecule has 0 atom stereocenters. The van der Waals surface area contributed by atoms with Crippen LogP contribution in [0.3, 0.4) is 0 Å². The van der Waals surface area contributed by atoms with E-state index >= 15 is 0 Å². The molecule has 0 spiro atoms. The fraction of sp³-hybridized carbons (Fsp3) is 1.00. The van der Waals surface area contributed by atoms with Crippen LogP contribution in [-0.2, 0) is 9.84 Å². The summed E-state index contributed by atoms with van der Waals surface area (Å²) in [5, 5.41) is 0. The Bertz CT molecular complexity index is 295. The molecule has 0 N–H and O–H groups in total. The summed E-state index contributed by atoms with van der Waals surface area (Å²) in [6.07, 6.45) is 1.21. The van der Waals surface area contributed by atoms with E-state index in [-0.39, 0.29) is 0 Å². The molecular formula is C10H20N2O2S. The molecule has 0 radical (unpaired) electrons. The van der Waals surface area contributed by atoms with E-state index < -0.39 is 9.84 Å². The summed E-state index contributed by atoms with van der Waals surface area (Å²) < 4.78 is 22.5. The minimum Gasteiger partial charge on any atom is -0.300 e. The molecular weight excluding hydrogens is 212 g/mol. The number of likely N-dealkylation sites (tertiary alicyclic amines) is 1. The largest absolute Gasteiger partial charge is 0.300 e. The third-order valence-corrected chi connectivity index (χ3v) is 4.98. The molecule has 2 fully saturated rings. The maximum absolute atomic E-state index is 11.3. The van der Waals surface area contributed by atoms with Gasteiger partial charge in [-0.25, -0.2) is 8.42 Å². The first-order chi connectivity index (χ1) is 7.11. The first-order valence-electron chi connectivity index (χ1n) is 5.77. The second kappa shape index (κ2) is 4.39. The molecule has 0 bridgehead atoms. The van der Waals surface area contributed by atoms with Gasteiger partial charge < -0.3 is 4.90 Å². The molecule has 88 valence electrons. The minimum atomic E-state index is -2.71. The molecule has 0 amide bonds. The Morgan fingerprint density at radius 2 is 1.80 bits per heavy atom. The third-order valence-electron chi connectivity index (χ3n) is 3.37. The van der Waals surface area contributed by atoms with Crippen molar-refractivity contribution in [1.82, 2.24) is 9.80 Å². The van der Waals surface area contributed by atoms with E-state index in [0.29, 0.717) is 17.5 Å². The van der Waals surface area contributed by atoms with Crippen molar-refractivity contribution in [3.63, 3.8) is 0 Å². The predicted molar refractivity (Wildman–Crippen MR) is 60.7 cm³/mol. The van der Waals surface area contributed by atoms with Gasteiger partial charge in [0.25, 0.3) is 0 Å². The van der Waals surface area contributed by atoms with Crippen LogP contribution in [0.4, 0.5) is 0 Å². The molecule has 2 rings (SSSR count). The van der Waals surface area contributed by atoms with E-state index in [2.05, 4.69) is 16.7 Å². The molecule has 0 aliphatic carbocycles. The number of sulfone groups is 1. The van der Waals surface area contributed by atoms with E-state index in [1.54, 1.807) is 0 Å². The van der Waals surface area contributed by atoms with Gasteiger partial charge in [0.15, 0.2) is 9.84 Å². The molecule has 0 aromatic rings. The molecule has 0 aromatic carbocycles. The van der Waals surface area contributed by atoms with Gasteiger partial charge in [-0.1, -0.05) is 6.92 Å². The molecule has 5 heteroatoms. The van der Waals surface area contributed by atoms with Gasteiger partial charge >= 0.3 is 0 Å². The Labute approximate surface area is 92.2 Å². The van der Waals surface area contributed by atoms with Crippen molar-refractivity contribution in [2.24, 2.45) is 0 Å². The molecule has 0 unspecified atom stereocenters. The predicted octanol–water partition coefficient (Wildman–Crippen LogP) is -0.189. The number of nitrogens with zero attached hydrogens (tertiary/aromatic N) is 2. The van der Waals surface area contributed by atoms with Crippen molar-refractivity contribution in [2.45, 2.75) is 19.4 Å².